The lowest BCUT2D eigenvalue weighted by Crippen LogP contribution is -2.50. The highest BCUT2D eigenvalue weighted by Gasteiger charge is 2.29. The van der Waals surface area contributed by atoms with Crippen LogP contribution in [0.4, 0.5) is 0 Å². The van der Waals surface area contributed by atoms with E-state index < -0.39 is 6.04 Å². The fourth-order valence-electron chi connectivity index (χ4n) is 2.62. The second-order valence-corrected chi connectivity index (χ2v) is 5.50. The topological polar surface area (TPSA) is 110 Å². The molecule has 2 rings (SSSR count). The maximum Gasteiger partial charge on any atom is 0.239 e. The van der Waals surface area contributed by atoms with Gasteiger partial charge in [-0.15, -0.1) is 0 Å². The van der Waals surface area contributed by atoms with Gasteiger partial charge in [0.05, 0.1) is 12.0 Å². The number of likely N-dealkylation sites (tertiary alicyclic amines) is 1. The van der Waals surface area contributed by atoms with Crippen molar-refractivity contribution in [1.82, 2.24) is 4.90 Å². The minimum Gasteiger partial charge on any atom is -0.508 e. The Bertz CT molecular complexity index is 515. The summed E-state index contributed by atoms with van der Waals surface area (Å²) in [5, 5.41) is 9.23. The molecule has 1 fully saturated rings. The minimum atomic E-state index is -0.652. The Balaban J connectivity index is 1.95. The van der Waals surface area contributed by atoms with E-state index in [-0.39, 0.29) is 23.5 Å². The van der Waals surface area contributed by atoms with Crippen molar-refractivity contribution in [3.63, 3.8) is 0 Å². The number of nitrogens with two attached hydrogens (primary N) is 2. The van der Waals surface area contributed by atoms with Crippen molar-refractivity contribution < 1.29 is 14.7 Å². The predicted octanol–water partition coefficient (Wildman–Crippen LogP) is -0.0141. The lowest BCUT2D eigenvalue weighted by atomic mass is 9.96. The molecule has 1 saturated heterocycles. The maximum atomic E-state index is 12.3. The van der Waals surface area contributed by atoms with Gasteiger partial charge in [0.1, 0.15) is 5.75 Å². The molecule has 0 aliphatic carbocycles. The van der Waals surface area contributed by atoms with Crippen molar-refractivity contribution in [1.29, 1.82) is 0 Å². The highest BCUT2D eigenvalue weighted by molar-refractivity contribution is 5.83. The third-order valence-electron chi connectivity index (χ3n) is 3.84. The zero-order valence-electron chi connectivity index (χ0n) is 11.9. The van der Waals surface area contributed by atoms with Crippen molar-refractivity contribution >= 4 is 11.8 Å². The fraction of sp³-hybridized carbons (Fsp3) is 0.467. The maximum absolute atomic E-state index is 12.3. The molecule has 1 aliphatic heterocycles. The van der Waals surface area contributed by atoms with Crippen molar-refractivity contribution in [2.75, 3.05) is 13.1 Å². The molecule has 0 bridgehead atoms. The van der Waals surface area contributed by atoms with Crippen LogP contribution in [0.15, 0.2) is 24.3 Å². The van der Waals surface area contributed by atoms with Gasteiger partial charge >= 0.3 is 0 Å². The van der Waals surface area contributed by atoms with Crippen molar-refractivity contribution in [3.8, 4) is 5.75 Å². The average molecular weight is 291 g/mol. The molecule has 21 heavy (non-hydrogen) atoms. The Morgan fingerprint density at radius 3 is 2.62 bits per heavy atom. The number of phenolic OH excluding ortho intramolecular Hbond substituents is 1. The third kappa shape index (κ3) is 3.95. The number of benzene rings is 1. The number of aromatic hydroxyl groups is 1. The summed E-state index contributed by atoms with van der Waals surface area (Å²) in [6, 6.07) is 5.96. The van der Waals surface area contributed by atoms with Gasteiger partial charge in [-0.2, -0.15) is 0 Å². The third-order valence-corrected chi connectivity index (χ3v) is 3.84. The summed E-state index contributed by atoms with van der Waals surface area (Å²) in [5.74, 6) is -0.615. The molecular weight excluding hydrogens is 270 g/mol. The van der Waals surface area contributed by atoms with Crippen LogP contribution >= 0.6 is 0 Å². The molecule has 2 atom stereocenters. The van der Waals surface area contributed by atoms with Gasteiger partial charge in [-0.1, -0.05) is 12.1 Å². The van der Waals surface area contributed by atoms with E-state index in [1.807, 2.05) is 0 Å². The minimum absolute atomic E-state index is 0.158. The smallest absolute Gasteiger partial charge is 0.239 e. The molecule has 1 aromatic rings. The summed E-state index contributed by atoms with van der Waals surface area (Å²) in [5.41, 5.74) is 12.2. The molecule has 0 radical (unpaired) electrons. The molecule has 0 spiro atoms. The quantitative estimate of drug-likeness (QED) is 0.724. The fourth-order valence-corrected chi connectivity index (χ4v) is 2.62. The van der Waals surface area contributed by atoms with Crippen LogP contribution in [-0.2, 0) is 16.0 Å². The lowest BCUT2D eigenvalue weighted by molar-refractivity contribution is -0.136. The van der Waals surface area contributed by atoms with Gasteiger partial charge in [-0.25, -0.2) is 0 Å². The van der Waals surface area contributed by atoms with Crippen LogP contribution in [0.5, 0.6) is 5.75 Å². The van der Waals surface area contributed by atoms with Crippen LogP contribution in [0, 0.1) is 5.92 Å². The highest BCUT2D eigenvalue weighted by Crippen LogP contribution is 2.17. The standard InChI is InChI=1S/C15H21N3O3/c16-13(8-10-3-5-12(19)6-4-10)15(21)18-7-1-2-11(9-18)14(17)20/h3-6,11,13,19H,1-2,7-9,16H2,(H2,17,20)/t11?,13-/m0/s1. The summed E-state index contributed by atoms with van der Waals surface area (Å²) in [4.78, 5) is 25.2. The van der Waals surface area contributed by atoms with Gasteiger partial charge < -0.3 is 21.5 Å². The zero-order chi connectivity index (χ0) is 15.4. The number of carbonyl (C=O) groups is 2. The molecule has 0 aromatic heterocycles. The monoisotopic (exact) mass is 291 g/mol. The van der Waals surface area contributed by atoms with Crippen LogP contribution in [0.2, 0.25) is 0 Å². The SMILES string of the molecule is NC(=O)C1CCCN(C(=O)[C@@H](N)Cc2ccc(O)cc2)C1. The van der Waals surface area contributed by atoms with Gasteiger partial charge in [-0.05, 0) is 37.0 Å². The number of carbonyl (C=O) groups excluding carboxylic acids is 2. The second kappa shape index (κ2) is 6.58. The molecule has 114 valence electrons. The first-order valence-electron chi connectivity index (χ1n) is 7.09. The van der Waals surface area contributed by atoms with Gasteiger partial charge in [0, 0.05) is 13.1 Å². The van der Waals surface area contributed by atoms with E-state index in [1.165, 1.54) is 0 Å². The predicted molar refractivity (Wildman–Crippen MR) is 78.3 cm³/mol. The summed E-state index contributed by atoms with van der Waals surface area (Å²) < 4.78 is 0. The number of rotatable bonds is 4. The molecule has 5 N–H and O–H groups in total. The number of hydrogen-bond acceptors (Lipinski definition) is 4. The summed E-state index contributed by atoms with van der Waals surface area (Å²) in [6.45, 7) is 0.976. The Hall–Kier alpha value is -2.08. The van der Waals surface area contributed by atoms with Gasteiger partial charge in [0.25, 0.3) is 0 Å². The Labute approximate surface area is 123 Å². The summed E-state index contributed by atoms with van der Waals surface area (Å²) >= 11 is 0. The molecule has 6 nitrogen and oxygen atoms in total. The van der Waals surface area contributed by atoms with E-state index in [0.717, 1.165) is 18.4 Å². The molecule has 6 heteroatoms. The molecule has 0 saturated carbocycles. The Morgan fingerprint density at radius 1 is 1.33 bits per heavy atom. The highest BCUT2D eigenvalue weighted by atomic mass is 16.3. The number of hydrogen-bond donors (Lipinski definition) is 3. The Morgan fingerprint density at radius 2 is 2.00 bits per heavy atom. The van der Waals surface area contributed by atoms with Crippen molar-refractivity contribution in [2.24, 2.45) is 17.4 Å². The number of primary amides is 1. The lowest BCUT2D eigenvalue weighted by Gasteiger charge is -2.33. The van der Waals surface area contributed by atoms with Crippen molar-refractivity contribution in [3.05, 3.63) is 29.8 Å². The van der Waals surface area contributed by atoms with Gasteiger partial charge in [0.2, 0.25) is 11.8 Å². The average Bonchev–Trinajstić information content (AvgIpc) is 2.49. The summed E-state index contributed by atoms with van der Waals surface area (Å²) in [7, 11) is 0. The molecule has 1 unspecified atom stereocenters. The number of nitrogens with zero attached hydrogens (tertiary/aromatic N) is 1. The summed E-state index contributed by atoms with van der Waals surface area (Å²) in [6.07, 6.45) is 1.90. The van der Waals surface area contributed by atoms with Crippen LogP contribution < -0.4 is 11.5 Å². The number of phenols is 1. The van der Waals surface area contributed by atoms with Gasteiger partial charge in [-0.3, -0.25) is 9.59 Å². The molecule has 1 heterocycles. The number of amides is 2. The van der Waals surface area contributed by atoms with Gasteiger partial charge in [0.15, 0.2) is 0 Å². The zero-order valence-corrected chi connectivity index (χ0v) is 11.9. The van der Waals surface area contributed by atoms with E-state index in [9.17, 15) is 14.7 Å². The second-order valence-electron chi connectivity index (χ2n) is 5.50. The first-order chi connectivity index (χ1) is 9.97. The van der Waals surface area contributed by atoms with E-state index >= 15 is 0 Å². The molecular formula is C15H21N3O3. The molecule has 2 amide bonds. The van der Waals surface area contributed by atoms with Crippen LogP contribution in [0.25, 0.3) is 0 Å². The van der Waals surface area contributed by atoms with Crippen LogP contribution in [-0.4, -0.2) is 41.0 Å². The number of piperidine rings is 1. The van der Waals surface area contributed by atoms with E-state index in [0.29, 0.717) is 19.5 Å². The van der Waals surface area contributed by atoms with Crippen molar-refractivity contribution in [2.45, 2.75) is 25.3 Å². The van der Waals surface area contributed by atoms with Crippen LogP contribution in [0.1, 0.15) is 18.4 Å². The van der Waals surface area contributed by atoms with E-state index in [4.69, 9.17) is 11.5 Å². The molecule has 1 aromatic carbocycles. The first kappa shape index (κ1) is 15.3. The Kier molecular flexibility index (Phi) is 4.80. The molecule has 1 aliphatic rings. The largest absolute Gasteiger partial charge is 0.508 e. The first-order valence-corrected chi connectivity index (χ1v) is 7.09. The normalized spacial score (nSPS) is 20.0. The van der Waals surface area contributed by atoms with E-state index in [1.54, 1.807) is 29.2 Å². The van der Waals surface area contributed by atoms with Crippen LogP contribution in [0.3, 0.4) is 0 Å². The van der Waals surface area contributed by atoms with E-state index in [2.05, 4.69) is 0 Å².